The Morgan fingerprint density at radius 2 is 1.02 bits per heavy atom. The minimum Gasteiger partial charge on any atom is -0.455 e. The van der Waals surface area contributed by atoms with E-state index >= 15 is 0 Å². The molecular formula is C46H30N2O. The molecule has 0 fully saturated rings. The Kier molecular flexibility index (Phi) is 6.18. The minimum atomic E-state index is 0.893. The maximum Gasteiger partial charge on any atom is 0.143 e. The van der Waals surface area contributed by atoms with Gasteiger partial charge in [0.15, 0.2) is 0 Å². The Morgan fingerprint density at radius 1 is 0.408 bits per heavy atom. The van der Waals surface area contributed by atoms with Crippen molar-refractivity contribution in [3.05, 3.63) is 182 Å². The third kappa shape index (κ3) is 4.29. The molecule has 10 rings (SSSR count). The monoisotopic (exact) mass is 626 g/mol. The summed E-state index contributed by atoms with van der Waals surface area (Å²) in [5.74, 6) is 0. The number of para-hydroxylation sites is 4. The van der Waals surface area contributed by atoms with Gasteiger partial charge in [0.05, 0.1) is 22.4 Å². The minimum absolute atomic E-state index is 0.893. The van der Waals surface area contributed by atoms with Gasteiger partial charge in [0.1, 0.15) is 11.2 Å². The van der Waals surface area contributed by atoms with Gasteiger partial charge in [-0.15, -0.1) is 0 Å². The number of hydrogen-bond acceptors (Lipinski definition) is 2. The molecule has 0 bridgehead atoms. The Balaban J connectivity index is 1.33. The molecule has 0 aliphatic heterocycles. The lowest BCUT2D eigenvalue weighted by Crippen LogP contribution is -2.12. The van der Waals surface area contributed by atoms with Crippen molar-refractivity contribution in [2.24, 2.45) is 0 Å². The molecule has 0 aliphatic rings. The van der Waals surface area contributed by atoms with Gasteiger partial charge >= 0.3 is 0 Å². The maximum atomic E-state index is 6.54. The second kappa shape index (κ2) is 11.0. The molecule has 49 heavy (non-hydrogen) atoms. The molecule has 0 atom stereocenters. The molecule has 0 radical (unpaired) electrons. The van der Waals surface area contributed by atoms with Crippen LogP contribution in [0.25, 0.3) is 71.3 Å². The lowest BCUT2D eigenvalue weighted by Gasteiger charge is -2.28. The van der Waals surface area contributed by atoms with E-state index in [1.54, 1.807) is 0 Å². The average Bonchev–Trinajstić information content (AvgIpc) is 3.73. The summed E-state index contributed by atoms with van der Waals surface area (Å²) in [6.45, 7) is 0. The van der Waals surface area contributed by atoms with Crippen molar-refractivity contribution in [1.29, 1.82) is 0 Å². The average molecular weight is 627 g/mol. The van der Waals surface area contributed by atoms with E-state index in [1.165, 1.54) is 27.4 Å². The molecular weight excluding hydrogens is 597 g/mol. The quantitative estimate of drug-likeness (QED) is 0.190. The van der Waals surface area contributed by atoms with E-state index in [4.69, 9.17) is 4.42 Å². The van der Waals surface area contributed by atoms with E-state index < -0.39 is 0 Å². The second-order valence-electron chi connectivity index (χ2n) is 12.5. The zero-order valence-corrected chi connectivity index (χ0v) is 26.6. The molecule has 2 heterocycles. The molecule has 230 valence electrons. The highest BCUT2D eigenvalue weighted by atomic mass is 16.3. The summed E-state index contributed by atoms with van der Waals surface area (Å²) < 4.78 is 8.96. The van der Waals surface area contributed by atoms with Crippen molar-refractivity contribution in [3.8, 4) is 16.8 Å². The lowest BCUT2D eigenvalue weighted by molar-refractivity contribution is 0.672. The SMILES string of the molecule is c1ccc(-c2ccc(N(c3cc4c5ccccc5oc4c4ccccc34)c3cccc4c5ccccc5n(-c5ccccc5)c34)cc2)cc1. The van der Waals surface area contributed by atoms with Crippen LogP contribution < -0.4 is 4.90 Å². The summed E-state index contributed by atoms with van der Waals surface area (Å²) >= 11 is 0. The molecule has 2 aromatic heterocycles. The van der Waals surface area contributed by atoms with E-state index in [0.717, 1.165) is 61.0 Å². The second-order valence-corrected chi connectivity index (χ2v) is 12.5. The molecule has 0 saturated carbocycles. The highest BCUT2D eigenvalue weighted by Gasteiger charge is 2.24. The van der Waals surface area contributed by atoms with Crippen LogP contribution in [-0.4, -0.2) is 4.57 Å². The van der Waals surface area contributed by atoms with Gasteiger partial charge < -0.3 is 13.9 Å². The molecule has 8 aromatic carbocycles. The third-order valence-corrected chi connectivity index (χ3v) is 9.76. The van der Waals surface area contributed by atoms with Crippen LogP contribution in [0, 0.1) is 0 Å². The lowest BCUT2D eigenvalue weighted by atomic mass is 10.0. The molecule has 0 saturated heterocycles. The number of benzene rings is 8. The van der Waals surface area contributed by atoms with Crippen molar-refractivity contribution < 1.29 is 4.42 Å². The number of hydrogen-bond donors (Lipinski definition) is 0. The van der Waals surface area contributed by atoms with Gasteiger partial charge in [-0.05, 0) is 59.7 Å². The topological polar surface area (TPSA) is 21.3 Å². The van der Waals surface area contributed by atoms with Crippen LogP contribution in [0.3, 0.4) is 0 Å². The van der Waals surface area contributed by atoms with Crippen LogP contribution in [0.2, 0.25) is 0 Å². The number of aromatic nitrogens is 1. The zero-order valence-electron chi connectivity index (χ0n) is 26.6. The highest BCUT2D eigenvalue weighted by molar-refractivity contribution is 6.21. The number of fused-ring (bicyclic) bond motifs is 8. The predicted molar refractivity (Wildman–Crippen MR) is 206 cm³/mol. The summed E-state index contributed by atoms with van der Waals surface area (Å²) in [5, 5.41) is 6.87. The van der Waals surface area contributed by atoms with Gasteiger partial charge in [-0.3, -0.25) is 0 Å². The summed E-state index contributed by atoms with van der Waals surface area (Å²) in [6.07, 6.45) is 0. The zero-order chi connectivity index (χ0) is 32.3. The highest BCUT2D eigenvalue weighted by Crippen LogP contribution is 2.48. The number of rotatable bonds is 5. The fourth-order valence-electron chi connectivity index (χ4n) is 7.58. The fraction of sp³-hybridized carbons (Fsp3) is 0. The van der Waals surface area contributed by atoms with Crippen LogP contribution in [0.4, 0.5) is 17.1 Å². The number of furan rings is 1. The molecule has 0 spiro atoms. The fourth-order valence-corrected chi connectivity index (χ4v) is 7.58. The largest absolute Gasteiger partial charge is 0.455 e. The Morgan fingerprint density at radius 3 is 1.82 bits per heavy atom. The van der Waals surface area contributed by atoms with Gasteiger partial charge in [-0.25, -0.2) is 0 Å². The Bertz CT molecular complexity index is 2810. The van der Waals surface area contributed by atoms with Crippen molar-refractivity contribution in [2.75, 3.05) is 4.90 Å². The van der Waals surface area contributed by atoms with E-state index in [2.05, 4.69) is 185 Å². The van der Waals surface area contributed by atoms with Gasteiger partial charge in [-0.2, -0.15) is 0 Å². The first kappa shape index (κ1) is 27.5. The van der Waals surface area contributed by atoms with Crippen molar-refractivity contribution in [2.45, 2.75) is 0 Å². The Labute approximate surface area is 283 Å². The van der Waals surface area contributed by atoms with Crippen LogP contribution in [0.15, 0.2) is 186 Å². The van der Waals surface area contributed by atoms with Crippen molar-refractivity contribution in [3.63, 3.8) is 0 Å². The smallest absolute Gasteiger partial charge is 0.143 e. The van der Waals surface area contributed by atoms with Crippen LogP contribution in [0.1, 0.15) is 0 Å². The molecule has 0 N–H and O–H groups in total. The summed E-state index contributed by atoms with van der Waals surface area (Å²) in [4.78, 5) is 2.44. The predicted octanol–water partition coefficient (Wildman–Crippen LogP) is 13.0. The van der Waals surface area contributed by atoms with Crippen molar-refractivity contribution >= 4 is 71.6 Å². The van der Waals surface area contributed by atoms with Gasteiger partial charge in [0.25, 0.3) is 0 Å². The molecule has 0 amide bonds. The van der Waals surface area contributed by atoms with Gasteiger partial charge in [0.2, 0.25) is 0 Å². The maximum absolute atomic E-state index is 6.54. The van der Waals surface area contributed by atoms with Crippen LogP contribution in [-0.2, 0) is 0 Å². The number of anilines is 3. The van der Waals surface area contributed by atoms with E-state index in [0.29, 0.717) is 0 Å². The van der Waals surface area contributed by atoms with Crippen molar-refractivity contribution in [1.82, 2.24) is 4.57 Å². The Hall–Kier alpha value is -6.58. The summed E-state index contributed by atoms with van der Waals surface area (Å²) in [5.41, 5.74) is 10.9. The van der Waals surface area contributed by atoms with E-state index in [1.807, 2.05) is 6.07 Å². The third-order valence-electron chi connectivity index (χ3n) is 9.76. The molecule has 10 aromatic rings. The molecule has 0 aliphatic carbocycles. The summed E-state index contributed by atoms with van der Waals surface area (Å²) in [6, 6.07) is 65.0. The standard InChI is InChI=1S/C46H30N2O/c1-3-14-31(15-4-1)32-26-28-34(29-27-32)47(43-30-40-37-20-10-12-25-44(37)49-46(40)39-21-8-7-19-36(39)43)42-24-13-22-38-35-18-9-11-23-41(35)48(45(38)42)33-16-5-2-6-17-33/h1-30H. The van der Waals surface area contributed by atoms with Crippen LogP contribution >= 0.6 is 0 Å². The normalized spacial score (nSPS) is 11.7. The van der Waals surface area contributed by atoms with Gasteiger partial charge in [-0.1, -0.05) is 133 Å². The first-order valence-electron chi connectivity index (χ1n) is 16.7. The molecule has 3 heteroatoms. The van der Waals surface area contributed by atoms with Gasteiger partial charge in [0, 0.05) is 43.7 Å². The van der Waals surface area contributed by atoms with E-state index in [9.17, 15) is 0 Å². The molecule has 3 nitrogen and oxygen atoms in total. The summed E-state index contributed by atoms with van der Waals surface area (Å²) in [7, 11) is 0. The first-order chi connectivity index (χ1) is 24.3. The molecule has 0 unspecified atom stereocenters. The first-order valence-corrected chi connectivity index (χ1v) is 16.7. The number of nitrogens with zero attached hydrogens (tertiary/aromatic N) is 2. The van der Waals surface area contributed by atoms with E-state index in [-0.39, 0.29) is 0 Å². The van der Waals surface area contributed by atoms with Crippen LogP contribution in [0.5, 0.6) is 0 Å².